The molecule has 0 spiro atoms. The van der Waals surface area contributed by atoms with Gasteiger partial charge in [0.1, 0.15) is 0 Å². The van der Waals surface area contributed by atoms with E-state index in [0.29, 0.717) is 12.0 Å². The molecular formula is C16H27N3S2. The molecule has 2 rings (SSSR count). The molecule has 0 saturated heterocycles. The molecule has 0 radical (unpaired) electrons. The average Bonchev–Trinajstić information content (AvgIpc) is 3.15. The second-order valence-electron chi connectivity index (χ2n) is 5.64. The van der Waals surface area contributed by atoms with E-state index in [1.807, 2.05) is 7.05 Å². The molecule has 1 aliphatic carbocycles. The molecule has 1 aliphatic rings. The summed E-state index contributed by atoms with van der Waals surface area (Å²) in [5, 5.41) is 12.2. The Balaban J connectivity index is 1.74. The molecule has 1 aromatic rings. The Kier molecular flexibility index (Phi) is 6.90. The number of aliphatic imine (C=N–C) groups is 1. The highest BCUT2D eigenvalue weighted by atomic mass is 32.2. The molecule has 0 bridgehead atoms. The van der Waals surface area contributed by atoms with Crippen molar-refractivity contribution in [2.75, 3.05) is 19.3 Å². The van der Waals surface area contributed by atoms with Crippen LogP contribution < -0.4 is 10.6 Å². The Morgan fingerprint density at radius 2 is 2.38 bits per heavy atom. The van der Waals surface area contributed by atoms with Gasteiger partial charge in [0.15, 0.2) is 5.96 Å². The van der Waals surface area contributed by atoms with Crippen LogP contribution in [0.3, 0.4) is 0 Å². The second-order valence-corrected chi connectivity index (χ2v) is 8.00. The van der Waals surface area contributed by atoms with Gasteiger partial charge in [-0.1, -0.05) is 13.8 Å². The van der Waals surface area contributed by atoms with E-state index in [9.17, 15) is 0 Å². The number of hydrogen-bond acceptors (Lipinski definition) is 3. The summed E-state index contributed by atoms with van der Waals surface area (Å²) in [6, 6.07) is 2.79. The van der Waals surface area contributed by atoms with E-state index < -0.39 is 0 Å². The largest absolute Gasteiger partial charge is 0.356 e. The predicted molar refractivity (Wildman–Crippen MR) is 96.8 cm³/mol. The van der Waals surface area contributed by atoms with Crippen LogP contribution in [0.1, 0.15) is 44.6 Å². The summed E-state index contributed by atoms with van der Waals surface area (Å²) in [5.41, 5.74) is 1.41. The van der Waals surface area contributed by atoms with Gasteiger partial charge in [-0.05, 0) is 53.3 Å². The number of guanidine groups is 1. The number of nitrogens with zero attached hydrogens (tertiary/aromatic N) is 1. The first-order valence-corrected chi connectivity index (χ1v) is 9.83. The number of thiophene rings is 1. The van der Waals surface area contributed by atoms with Gasteiger partial charge in [-0.25, -0.2) is 0 Å². The van der Waals surface area contributed by atoms with Crippen molar-refractivity contribution in [3.05, 3.63) is 22.4 Å². The third-order valence-corrected chi connectivity index (χ3v) is 5.97. The minimum atomic E-state index is 0.516. The van der Waals surface area contributed by atoms with Crippen LogP contribution in [-0.4, -0.2) is 36.6 Å². The first-order chi connectivity index (χ1) is 10.2. The zero-order valence-corrected chi connectivity index (χ0v) is 14.9. The minimum Gasteiger partial charge on any atom is -0.356 e. The Bertz CT molecular complexity index is 431. The fraction of sp³-hybridized carbons (Fsp3) is 0.688. The van der Waals surface area contributed by atoms with Gasteiger partial charge in [-0.3, -0.25) is 4.99 Å². The monoisotopic (exact) mass is 325 g/mol. The lowest BCUT2D eigenvalue weighted by molar-refractivity contribution is 0.606. The Labute approximate surface area is 137 Å². The minimum absolute atomic E-state index is 0.516. The molecule has 2 N–H and O–H groups in total. The van der Waals surface area contributed by atoms with E-state index in [2.05, 4.69) is 58.1 Å². The molecule has 1 aromatic heterocycles. The van der Waals surface area contributed by atoms with Crippen LogP contribution in [-0.2, 0) is 0 Å². The normalized spacial score (nSPS) is 24.0. The summed E-state index contributed by atoms with van der Waals surface area (Å²) in [6.07, 6.45) is 3.86. The zero-order valence-electron chi connectivity index (χ0n) is 13.3. The van der Waals surface area contributed by atoms with Crippen molar-refractivity contribution < 1.29 is 0 Å². The van der Waals surface area contributed by atoms with Crippen molar-refractivity contribution in [3.8, 4) is 0 Å². The summed E-state index contributed by atoms with van der Waals surface area (Å²) in [5.74, 6) is 2.69. The molecule has 1 fully saturated rings. The highest BCUT2D eigenvalue weighted by Crippen LogP contribution is 2.29. The van der Waals surface area contributed by atoms with Gasteiger partial charge < -0.3 is 10.6 Å². The molecule has 0 amide bonds. The van der Waals surface area contributed by atoms with E-state index in [0.717, 1.165) is 17.8 Å². The van der Waals surface area contributed by atoms with Crippen molar-refractivity contribution in [1.82, 2.24) is 10.6 Å². The molecule has 3 nitrogen and oxygen atoms in total. The lowest BCUT2D eigenvalue weighted by Crippen LogP contribution is -2.43. The molecule has 1 saturated carbocycles. The smallest absolute Gasteiger partial charge is 0.191 e. The van der Waals surface area contributed by atoms with Crippen LogP contribution in [0.5, 0.6) is 0 Å². The predicted octanol–water partition coefficient (Wildman–Crippen LogP) is 3.69. The van der Waals surface area contributed by atoms with Crippen molar-refractivity contribution in [3.63, 3.8) is 0 Å². The molecule has 21 heavy (non-hydrogen) atoms. The first-order valence-electron chi connectivity index (χ1n) is 7.83. The molecule has 0 aromatic carbocycles. The zero-order chi connectivity index (χ0) is 15.1. The summed E-state index contributed by atoms with van der Waals surface area (Å²) in [4.78, 5) is 4.37. The van der Waals surface area contributed by atoms with E-state index >= 15 is 0 Å². The first kappa shape index (κ1) is 16.7. The lowest BCUT2D eigenvalue weighted by Gasteiger charge is -2.19. The van der Waals surface area contributed by atoms with E-state index in [1.165, 1.54) is 30.6 Å². The SMILES string of the molecule is CCSC1CCC(NC(=NC)NCC(C)c2ccsc2)C1. The van der Waals surface area contributed by atoms with Gasteiger partial charge in [0.2, 0.25) is 0 Å². The van der Waals surface area contributed by atoms with Crippen LogP contribution in [0.4, 0.5) is 0 Å². The summed E-state index contributed by atoms with van der Waals surface area (Å²) in [7, 11) is 1.86. The van der Waals surface area contributed by atoms with Crippen molar-refractivity contribution in [1.29, 1.82) is 0 Å². The third-order valence-electron chi connectivity index (χ3n) is 4.04. The van der Waals surface area contributed by atoms with E-state index in [4.69, 9.17) is 0 Å². The number of thioether (sulfide) groups is 1. The Morgan fingerprint density at radius 1 is 1.52 bits per heavy atom. The van der Waals surface area contributed by atoms with Gasteiger partial charge in [0.25, 0.3) is 0 Å². The van der Waals surface area contributed by atoms with Crippen LogP contribution in [0.2, 0.25) is 0 Å². The van der Waals surface area contributed by atoms with Crippen molar-refractivity contribution in [2.45, 2.75) is 50.3 Å². The summed E-state index contributed by atoms with van der Waals surface area (Å²) < 4.78 is 0. The molecule has 118 valence electrons. The van der Waals surface area contributed by atoms with Crippen molar-refractivity contribution >= 4 is 29.1 Å². The number of hydrogen-bond donors (Lipinski definition) is 2. The number of nitrogens with one attached hydrogen (secondary N) is 2. The Morgan fingerprint density at radius 3 is 3.05 bits per heavy atom. The highest BCUT2D eigenvalue weighted by Gasteiger charge is 2.25. The molecule has 3 atom stereocenters. The maximum Gasteiger partial charge on any atom is 0.191 e. The van der Waals surface area contributed by atoms with Crippen LogP contribution in [0.15, 0.2) is 21.8 Å². The standard InChI is InChI=1S/C16H27N3S2/c1-4-21-15-6-5-14(9-15)19-16(17-3)18-10-12(2)13-7-8-20-11-13/h7-8,11-12,14-15H,4-6,9-10H2,1-3H3,(H2,17,18,19). The van der Waals surface area contributed by atoms with Gasteiger partial charge >= 0.3 is 0 Å². The van der Waals surface area contributed by atoms with Crippen LogP contribution in [0, 0.1) is 0 Å². The fourth-order valence-electron chi connectivity index (χ4n) is 2.77. The maximum atomic E-state index is 4.37. The van der Waals surface area contributed by atoms with Crippen molar-refractivity contribution in [2.24, 2.45) is 4.99 Å². The molecule has 3 unspecified atom stereocenters. The van der Waals surface area contributed by atoms with Crippen LogP contribution >= 0.6 is 23.1 Å². The molecule has 5 heteroatoms. The summed E-state index contributed by atoms with van der Waals surface area (Å²) >= 11 is 3.86. The highest BCUT2D eigenvalue weighted by molar-refractivity contribution is 7.99. The quantitative estimate of drug-likeness (QED) is 0.618. The molecule has 1 heterocycles. The van der Waals surface area contributed by atoms with Gasteiger partial charge in [0, 0.05) is 24.9 Å². The lowest BCUT2D eigenvalue weighted by atomic mass is 10.1. The van der Waals surface area contributed by atoms with Gasteiger partial charge in [-0.2, -0.15) is 23.1 Å². The third kappa shape index (κ3) is 5.22. The maximum absolute atomic E-state index is 4.37. The summed E-state index contributed by atoms with van der Waals surface area (Å²) in [6.45, 7) is 5.43. The number of rotatable bonds is 6. The fourth-order valence-corrected chi connectivity index (χ4v) is 4.69. The molecular weight excluding hydrogens is 298 g/mol. The second kappa shape index (κ2) is 8.69. The average molecular weight is 326 g/mol. The molecule has 0 aliphatic heterocycles. The van der Waals surface area contributed by atoms with E-state index in [1.54, 1.807) is 11.3 Å². The topological polar surface area (TPSA) is 36.4 Å². The van der Waals surface area contributed by atoms with Crippen LogP contribution in [0.25, 0.3) is 0 Å². The van der Waals surface area contributed by atoms with Gasteiger partial charge in [-0.15, -0.1) is 0 Å². The van der Waals surface area contributed by atoms with Gasteiger partial charge in [0.05, 0.1) is 0 Å². The Hall–Kier alpha value is -0.680. The van der Waals surface area contributed by atoms with E-state index in [-0.39, 0.29) is 0 Å².